The lowest BCUT2D eigenvalue weighted by Gasteiger charge is -2.19. The molecule has 1 saturated carbocycles. The van der Waals surface area contributed by atoms with Gasteiger partial charge < -0.3 is 19.7 Å². The molecule has 1 amide bonds. The van der Waals surface area contributed by atoms with E-state index in [1.54, 1.807) is 32.2 Å². The Morgan fingerprint density at radius 2 is 1.94 bits per heavy atom. The van der Waals surface area contributed by atoms with Crippen LogP contribution in [0, 0.1) is 23.6 Å². The number of nitrogens with zero attached hydrogens (tertiary/aromatic N) is 3. The summed E-state index contributed by atoms with van der Waals surface area (Å²) in [5.41, 5.74) is 0.843. The third kappa shape index (κ3) is 5.19. The second-order valence-electron chi connectivity index (χ2n) is 9.18. The molecule has 3 atom stereocenters. The molecule has 1 aliphatic carbocycles. The summed E-state index contributed by atoms with van der Waals surface area (Å²) in [5, 5.41) is 3.66. The van der Waals surface area contributed by atoms with Crippen LogP contribution in [-0.4, -0.2) is 47.6 Å². The van der Waals surface area contributed by atoms with Crippen LogP contribution in [0.1, 0.15) is 19.8 Å². The van der Waals surface area contributed by atoms with Gasteiger partial charge in [0.25, 0.3) is 0 Å². The lowest BCUT2D eigenvalue weighted by atomic mass is 10.0. The number of amides is 1. The Hall–Kier alpha value is -2.36. The van der Waals surface area contributed by atoms with Crippen LogP contribution >= 0.6 is 39.9 Å². The van der Waals surface area contributed by atoms with Gasteiger partial charge in [0, 0.05) is 35.9 Å². The molecule has 11 heteroatoms. The zero-order valence-electron chi connectivity index (χ0n) is 19.8. The Labute approximate surface area is 228 Å². The minimum absolute atomic E-state index is 0. The van der Waals surface area contributed by atoms with E-state index in [1.807, 2.05) is 11.0 Å². The minimum Gasteiger partial charge on any atom is -0.493 e. The monoisotopic (exact) mass is 598 g/mol. The van der Waals surface area contributed by atoms with Gasteiger partial charge in [0.05, 0.1) is 29.9 Å². The first-order chi connectivity index (χ1) is 16.8. The topological polar surface area (TPSA) is 76.6 Å². The SMILES string of the molecule is COc1cc2c(Nc3ccc(Br)c(Cl)c3F)ncnc2cc1OC[C@H]1C[C@@H]2CN(C(C)=O)C[C@@H]2C1.Cl. The van der Waals surface area contributed by atoms with Crippen LogP contribution < -0.4 is 14.8 Å². The van der Waals surface area contributed by atoms with Crippen molar-refractivity contribution in [1.29, 1.82) is 0 Å². The highest BCUT2D eigenvalue weighted by Crippen LogP contribution is 2.43. The summed E-state index contributed by atoms with van der Waals surface area (Å²) in [4.78, 5) is 22.3. The van der Waals surface area contributed by atoms with Gasteiger partial charge in [0.1, 0.15) is 12.1 Å². The molecule has 36 heavy (non-hydrogen) atoms. The summed E-state index contributed by atoms with van der Waals surface area (Å²) < 4.78 is 26.9. The van der Waals surface area contributed by atoms with Crippen LogP contribution in [0.2, 0.25) is 5.02 Å². The van der Waals surface area contributed by atoms with Crippen LogP contribution in [-0.2, 0) is 4.79 Å². The maximum Gasteiger partial charge on any atom is 0.219 e. The van der Waals surface area contributed by atoms with Crippen molar-refractivity contribution >= 4 is 68.3 Å². The molecule has 2 aliphatic rings. The largest absolute Gasteiger partial charge is 0.493 e. The number of rotatable bonds is 6. The molecule has 2 fully saturated rings. The highest BCUT2D eigenvalue weighted by atomic mass is 79.9. The van der Waals surface area contributed by atoms with Crippen LogP contribution in [0.25, 0.3) is 10.9 Å². The third-order valence-corrected chi connectivity index (χ3v) is 8.24. The lowest BCUT2D eigenvalue weighted by molar-refractivity contribution is -0.128. The number of likely N-dealkylation sites (tertiary alicyclic amines) is 1. The van der Waals surface area contributed by atoms with Crippen molar-refractivity contribution in [2.24, 2.45) is 17.8 Å². The molecular formula is C25H26BrCl2FN4O3. The van der Waals surface area contributed by atoms with Gasteiger partial charge >= 0.3 is 0 Å². The predicted molar refractivity (Wildman–Crippen MR) is 143 cm³/mol. The third-order valence-electron chi connectivity index (χ3n) is 6.98. The van der Waals surface area contributed by atoms with E-state index in [0.29, 0.717) is 57.1 Å². The number of aromatic nitrogens is 2. The molecule has 5 rings (SSSR count). The average Bonchev–Trinajstić information content (AvgIpc) is 3.42. The van der Waals surface area contributed by atoms with Gasteiger partial charge in [0.15, 0.2) is 17.3 Å². The Bertz CT molecular complexity index is 1280. The average molecular weight is 600 g/mol. The number of halogens is 4. The standard InChI is InChI=1S/C25H25BrClFN4O3.ClH/c1-13(33)32-9-15-5-14(6-16(15)10-32)11-35-22-8-20-17(7-21(22)34-2)25(30-12-29-20)31-19-4-3-18(26)23(27)24(19)28;/h3-4,7-8,12,14-16H,5-6,9-11H2,1-2H3,(H,29,30,31);1H/t14-,15+,16-;. The maximum absolute atomic E-state index is 14.6. The molecule has 0 radical (unpaired) electrons. The first-order valence-corrected chi connectivity index (χ1v) is 12.6. The molecule has 1 aliphatic heterocycles. The number of hydrogen-bond donors (Lipinski definition) is 1. The van der Waals surface area contributed by atoms with Crippen LogP contribution in [0.5, 0.6) is 11.5 Å². The van der Waals surface area contributed by atoms with Gasteiger partial charge in [-0.1, -0.05) is 11.6 Å². The number of fused-ring (bicyclic) bond motifs is 2. The van der Waals surface area contributed by atoms with Gasteiger partial charge in [-0.25, -0.2) is 14.4 Å². The van der Waals surface area contributed by atoms with Gasteiger partial charge in [-0.3, -0.25) is 4.79 Å². The zero-order valence-corrected chi connectivity index (χ0v) is 22.9. The number of benzene rings is 2. The molecule has 3 aromatic rings. The van der Waals surface area contributed by atoms with E-state index in [4.69, 9.17) is 21.1 Å². The lowest BCUT2D eigenvalue weighted by Crippen LogP contribution is -2.27. The summed E-state index contributed by atoms with van der Waals surface area (Å²) >= 11 is 9.25. The molecule has 0 bridgehead atoms. The van der Waals surface area contributed by atoms with Crippen LogP contribution in [0.3, 0.4) is 0 Å². The molecule has 2 aromatic carbocycles. The van der Waals surface area contributed by atoms with E-state index in [0.717, 1.165) is 25.9 Å². The highest BCUT2D eigenvalue weighted by molar-refractivity contribution is 9.10. The van der Waals surface area contributed by atoms with E-state index < -0.39 is 5.82 Å². The molecule has 1 N–H and O–H groups in total. The van der Waals surface area contributed by atoms with Crippen molar-refractivity contribution in [2.75, 3.05) is 32.1 Å². The molecule has 1 aromatic heterocycles. The zero-order chi connectivity index (χ0) is 24.7. The highest BCUT2D eigenvalue weighted by Gasteiger charge is 2.41. The number of hydrogen-bond acceptors (Lipinski definition) is 6. The fourth-order valence-electron chi connectivity index (χ4n) is 5.21. The van der Waals surface area contributed by atoms with E-state index >= 15 is 0 Å². The van der Waals surface area contributed by atoms with E-state index in [1.165, 1.54) is 6.33 Å². The second-order valence-corrected chi connectivity index (χ2v) is 10.4. The number of methoxy groups -OCH3 is 1. The Kier molecular flexibility index (Phi) is 8.12. The van der Waals surface area contributed by atoms with Crippen LogP contribution in [0.15, 0.2) is 35.1 Å². The number of nitrogens with one attached hydrogen (secondary N) is 1. The molecule has 192 valence electrons. The summed E-state index contributed by atoms with van der Waals surface area (Å²) in [6.45, 7) is 3.93. The maximum atomic E-state index is 14.6. The van der Waals surface area contributed by atoms with Gasteiger partial charge in [-0.2, -0.15) is 0 Å². The van der Waals surface area contributed by atoms with Crippen molar-refractivity contribution in [2.45, 2.75) is 19.8 Å². The summed E-state index contributed by atoms with van der Waals surface area (Å²) in [5.74, 6) is 2.71. The fraction of sp³-hybridized carbons (Fsp3) is 0.400. The van der Waals surface area contributed by atoms with Crippen molar-refractivity contribution in [3.05, 3.63) is 45.9 Å². The molecule has 0 spiro atoms. The van der Waals surface area contributed by atoms with E-state index in [9.17, 15) is 9.18 Å². The molecule has 1 saturated heterocycles. The second kappa shape index (κ2) is 10.9. The van der Waals surface area contributed by atoms with Gasteiger partial charge in [-0.15, -0.1) is 12.4 Å². The number of carbonyl (C=O) groups is 1. The normalized spacial score (nSPS) is 20.7. The van der Waals surface area contributed by atoms with Crippen LogP contribution in [0.4, 0.5) is 15.9 Å². The van der Waals surface area contributed by atoms with Crippen molar-refractivity contribution in [1.82, 2.24) is 14.9 Å². The molecular weight excluding hydrogens is 574 g/mol. The molecule has 0 unspecified atom stereocenters. The predicted octanol–water partition coefficient (Wildman–Crippen LogP) is 6.24. The fourth-order valence-corrected chi connectivity index (χ4v) is 5.68. The van der Waals surface area contributed by atoms with Crippen molar-refractivity contribution in [3.8, 4) is 11.5 Å². The minimum atomic E-state index is -0.576. The summed E-state index contributed by atoms with van der Waals surface area (Å²) in [6, 6.07) is 6.86. The van der Waals surface area contributed by atoms with E-state index in [2.05, 4.69) is 31.2 Å². The van der Waals surface area contributed by atoms with Gasteiger partial charge in [-0.05, 0) is 64.7 Å². The van der Waals surface area contributed by atoms with Gasteiger partial charge in [0.2, 0.25) is 5.91 Å². The molecule has 7 nitrogen and oxygen atoms in total. The molecule has 2 heterocycles. The van der Waals surface area contributed by atoms with Crippen molar-refractivity contribution in [3.63, 3.8) is 0 Å². The first kappa shape index (κ1) is 26.7. The summed E-state index contributed by atoms with van der Waals surface area (Å²) in [7, 11) is 1.58. The Morgan fingerprint density at radius 3 is 2.61 bits per heavy atom. The smallest absolute Gasteiger partial charge is 0.219 e. The quantitative estimate of drug-likeness (QED) is 0.338. The van der Waals surface area contributed by atoms with E-state index in [-0.39, 0.29) is 29.0 Å². The number of carbonyl (C=O) groups excluding carboxylic acids is 1. The first-order valence-electron chi connectivity index (χ1n) is 11.5. The Balaban J connectivity index is 0.00000304. The summed E-state index contributed by atoms with van der Waals surface area (Å²) in [6.07, 6.45) is 3.53. The number of anilines is 2. The van der Waals surface area contributed by atoms with Crippen molar-refractivity contribution < 1.29 is 18.7 Å². The Morgan fingerprint density at radius 1 is 1.22 bits per heavy atom. The number of ether oxygens (including phenoxy) is 2.